The zero-order valence-electron chi connectivity index (χ0n) is 25.4. The molecule has 3 aromatic heterocycles. The number of hydrogen-bond acceptors (Lipinski definition) is 1. The van der Waals surface area contributed by atoms with E-state index in [9.17, 15) is 0 Å². The van der Waals surface area contributed by atoms with E-state index in [4.69, 9.17) is 0 Å². The van der Waals surface area contributed by atoms with E-state index in [2.05, 4.69) is 149 Å². The van der Waals surface area contributed by atoms with E-state index in [-0.39, 0.29) is 0 Å². The average molecular weight is 607 g/mol. The number of para-hydroxylation sites is 2. The highest BCUT2D eigenvalue weighted by Crippen LogP contribution is 2.40. The number of hydrogen-bond donors (Lipinski definition) is 0. The lowest BCUT2D eigenvalue weighted by Crippen LogP contribution is -1.93. The Hall–Kier alpha value is -5.64. The summed E-state index contributed by atoms with van der Waals surface area (Å²) in [6.07, 6.45) is 8.18. The minimum absolute atomic E-state index is 0.944. The summed E-state index contributed by atoms with van der Waals surface area (Å²) >= 11 is 1.86. The van der Waals surface area contributed by atoms with Crippen LogP contribution in [0.3, 0.4) is 0 Å². The maximum atomic E-state index is 4.41. The van der Waals surface area contributed by atoms with Crippen LogP contribution in [0.15, 0.2) is 158 Å². The van der Waals surface area contributed by atoms with Gasteiger partial charge in [-0.3, -0.25) is 0 Å². The fourth-order valence-electron chi connectivity index (χ4n) is 7.10. The SMILES string of the molecule is C=C(/C=C\C=C/C)n1c2ccccc2c2cc(-c3ccc4c(c3)c3ccccc3n4-c3ccc4sc5ccccc5c4c3)ccc21. The summed E-state index contributed by atoms with van der Waals surface area (Å²) < 4.78 is 7.33. The molecule has 0 atom stereocenters. The van der Waals surface area contributed by atoms with Crippen molar-refractivity contribution in [2.75, 3.05) is 0 Å². The van der Waals surface area contributed by atoms with Crippen molar-refractivity contribution in [3.63, 3.8) is 0 Å². The van der Waals surface area contributed by atoms with Crippen LogP contribution in [0.25, 0.3) is 86.3 Å². The first-order valence-electron chi connectivity index (χ1n) is 15.7. The van der Waals surface area contributed by atoms with Crippen LogP contribution < -0.4 is 0 Å². The predicted octanol–water partition coefficient (Wildman–Crippen LogP) is 12.5. The van der Waals surface area contributed by atoms with Crippen LogP contribution in [-0.2, 0) is 0 Å². The molecular formula is C43H30N2S. The zero-order chi connectivity index (χ0) is 30.8. The molecule has 0 spiro atoms. The van der Waals surface area contributed by atoms with Crippen LogP contribution in [0.4, 0.5) is 0 Å². The Bertz CT molecular complexity index is 2730. The zero-order valence-corrected chi connectivity index (χ0v) is 26.3. The lowest BCUT2D eigenvalue weighted by atomic mass is 10.0. The molecule has 0 saturated carbocycles. The van der Waals surface area contributed by atoms with Gasteiger partial charge in [0, 0.05) is 53.1 Å². The fourth-order valence-corrected chi connectivity index (χ4v) is 8.18. The third kappa shape index (κ3) is 4.02. The number of allylic oxidation sites excluding steroid dienone is 5. The van der Waals surface area contributed by atoms with Gasteiger partial charge in [-0.1, -0.05) is 91.5 Å². The van der Waals surface area contributed by atoms with Crippen molar-refractivity contribution in [3.05, 3.63) is 158 Å². The van der Waals surface area contributed by atoms with Gasteiger partial charge < -0.3 is 9.13 Å². The average Bonchev–Trinajstić information content (AvgIpc) is 3.75. The van der Waals surface area contributed by atoms with Crippen LogP contribution in [0.1, 0.15) is 6.92 Å². The second-order valence-corrected chi connectivity index (χ2v) is 12.9. The van der Waals surface area contributed by atoms with Gasteiger partial charge in [0.1, 0.15) is 0 Å². The second kappa shape index (κ2) is 10.5. The summed E-state index contributed by atoms with van der Waals surface area (Å²) in [6.45, 7) is 6.43. The first-order valence-corrected chi connectivity index (χ1v) is 16.5. The van der Waals surface area contributed by atoms with Gasteiger partial charge in [0.2, 0.25) is 0 Å². The summed E-state index contributed by atoms with van der Waals surface area (Å²) in [4.78, 5) is 0. The molecule has 0 unspecified atom stereocenters. The third-order valence-electron chi connectivity index (χ3n) is 9.18. The Morgan fingerprint density at radius 3 is 1.91 bits per heavy atom. The molecule has 0 amide bonds. The molecule has 9 rings (SSSR count). The highest BCUT2D eigenvalue weighted by Gasteiger charge is 2.16. The summed E-state index contributed by atoms with van der Waals surface area (Å²) in [6, 6.07) is 46.8. The molecule has 0 saturated heterocycles. The van der Waals surface area contributed by atoms with Crippen molar-refractivity contribution in [1.82, 2.24) is 9.13 Å². The summed E-state index contributed by atoms with van der Waals surface area (Å²) in [5.74, 6) is 0. The highest BCUT2D eigenvalue weighted by atomic mass is 32.1. The van der Waals surface area contributed by atoms with E-state index in [1.54, 1.807) is 0 Å². The summed E-state index contributed by atoms with van der Waals surface area (Å²) in [5.41, 5.74) is 9.30. The molecule has 6 aromatic carbocycles. The van der Waals surface area contributed by atoms with Crippen molar-refractivity contribution >= 4 is 80.8 Å². The van der Waals surface area contributed by atoms with E-state index in [1.165, 1.54) is 75.1 Å². The predicted molar refractivity (Wildman–Crippen MR) is 201 cm³/mol. The maximum absolute atomic E-state index is 4.41. The summed E-state index contributed by atoms with van der Waals surface area (Å²) in [5, 5.41) is 7.61. The van der Waals surface area contributed by atoms with Crippen molar-refractivity contribution in [2.24, 2.45) is 0 Å². The van der Waals surface area contributed by atoms with Gasteiger partial charge in [0.05, 0.1) is 22.1 Å². The van der Waals surface area contributed by atoms with Crippen molar-refractivity contribution in [2.45, 2.75) is 6.92 Å². The van der Waals surface area contributed by atoms with Crippen LogP contribution in [0.5, 0.6) is 0 Å². The molecule has 3 heteroatoms. The molecule has 46 heavy (non-hydrogen) atoms. The smallest absolute Gasteiger partial charge is 0.0541 e. The van der Waals surface area contributed by atoms with Crippen molar-refractivity contribution < 1.29 is 0 Å². The van der Waals surface area contributed by atoms with Gasteiger partial charge in [-0.15, -0.1) is 11.3 Å². The van der Waals surface area contributed by atoms with Gasteiger partial charge in [0.15, 0.2) is 0 Å². The lowest BCUT2D eigenvalue weighted by Gasteiger charge is -2.10. The molecular weight excluding hydrogens is 577 g/mol. The van der Waals surface area contributed by atoms with E-state index in [0.29, 0.717) is 0 Å². The monoisotopic (exact) mass is 606 g/mol. The van der Waals surface area contributed by atoms with E-state index >= 15 is 0 Å². The highest BCUT2D eigenvalue weighted by molar-refractivity contribution is 7.25. The molecule has 0 radical (unpaired) electrons. The van der Waals surface area contributed by atoms with Gasteiger partial charge in [-0.25, -0.2) is 0 Å². The molecule has 0 bridgehead atoms. The first-order chi connectivity index (χ1) is 22.7. The second-order valence-electron chi connectivity index (χ2n) is 11.8. The van der Waals surface area contributed by atoms with Crippen LogP contribution in [-0.4, -0.2) is 9.13 Å². The van der Waals surface area contributed by atoms with Gasteiger partial charge in [-0.05, 0) is 84.8 Å². The largest absolute Gasteiger partial charge is 0.310 e. The van der Waals surface area contributed by atoms with E-state index < -0.39 is 0 Å². The third-order valence-corrected chi connectivity index (χ3v) is 10.3. The first kappa shape index (κ1) is 26.7. The molecule has 218 valence electrons. The fraction of sp³-hybridized carbons (Fsp3) is 0.0233. The number of nitrogens with zero attached hydrogens (tertiary/aromatic N) is 2. The lowest BCUT2D eigenvalue weighted by molar-refractivity contribution is 1.19. The molecule has 0 aliphatic carbocycles. The van der Waals surface area contributed by atoms with Crippen LogP contribution >= 0.6 is 11.3 Å². The normalized spacial score (nSPS) is 12.4. The topological polar surface area (TPSA) is 9.86 Å². The molecule has 3 heterocycles. The van der Waals surface area contributed by atoms with E-state index in [0.717, 1.165) is 11.2 Å². The van der Waals surface area contributed by atoms with Crippen molar-refractivity contribution in [1.29, 1.82) is 0 Å². The van der Waals surface area contributed by atoms with E-state index in [1.807, 2.05) is 36.5 Å². The molecule has 2 nitrogen and oxygen atoms in total. The number of rotatable bonds is 5. The number of aromatic nitrogens is 2. The summed E-state index contributed by atoms with van der Waals surface area (Å²) in [7, 11) is 0. The van der Waals surface area contributed by atoms with Gasteiger partial charge in [-0.2, -0.15) is 0 Å². The van der Waals surface area contributed by atoms with Gasteiger partial charge >= 0.3 is 0 Å². The molecule has 0 N–H and O–H groups in total. The number of thiophene rings is 1. The number of benzene rings is 6. The molecule has 0 aliphatic rings. The minimum Gasteiger partial charge on any atom is -0.310 e. The van der Waals surface area contributed by atoms with Crippen LogP contribution in [0.2, 0.25) is 0 Å². The van der Waals surface area contributed by atoms with Crippen LogP contribution in [0, 0.1) is 0 Å². The maximum Gasteiger partial charge on any atom is 0.0541 e. The minimum atomic E-state index is 0.944. The number of fused-ring (bicyclic) bond motifs is 9. The van der Waals surface area contributed by atoms with Crippen molar-refractivity contribution in [3.8, 4) is 16.8 Å². The molecule has 9 aromatic rings. The quantitative estimate of drug-likeness (QED) is 0.173. The molecule has 0 fully saturated rings. The van der Waals surface area contributed by atoms with Gasteiger partial charge in [0.25, 0.3) is 0 Å². The Balaban J connectivity index is 1.22. The Labute approximate surface area is 271 Å². The Kier molecular flexibility index (Phi) is 6.09. The Morgan fingerprint density at radius 1 is 0.543 bits per heavy atom. The Morgan fingerprint density at radius 2 is 1.13 bits per heavy atom. The standard InChI is InChI=1S/C43H30N2S/c1-3-4-5-12-28(2)44-38-16-9-6-13-32(38)35-25-29(19-22-40(35)44)30-20-23-41-36(26-30)33-14-7-10-17-39(33)45(41)31-21-24-43-37(27-31)34-15-8-11-18-42(34)46-43/h3-27H,2H2,1H3/b4-3-,12-5-. The molecule has 0 aliphatic heterocycles.